The van der Waals surface area contributed by atoms with Crippen LogP contribution >= 0.6 is 0 Å². The number of allylic oxidation sites excluding steroid dienone is 20. The van der Waals surface area contributed by atoms with E-state index in [1.54, 1.807) is 0 Å². The molecule has 0 rings (SSSR count). The van der Waals surface area contributed by atoms with Gasteiger partial charge in [0.2, 0.25) is 0 Å². The van der Waals surface area contributed by atoms with Gasteiger partial charge in [-0.15, -0.1) is 0 Å². The lowest BCUT2D eigenvalue weighted by atomic mass is 10.1. The molecule has 0 aromatic heterocycles. The van der Waals surface area contributed by atoms with Crippen molar-refractivity contribution in [2.45, 2.75) is 200 Å². The van der Waals surface area contributed by atoms with Crippen molar-refractivity contribution in [3.05, 3.63) is 122 Å². The second-order valence-electron chi connectivity index (χ2n) is 15.8. The second kappa shape index (κ2) is 49.5. The fourth-order valence-corrected chi connectivity index (χ4v) is 6.20. The molecule has 1 atom stereocenters. The zero-order valence-electron chi connectivity index (χ0n) is 39.6. The first-order valence-corrected chi connectivity index (χ1v) is 24.6. The molecule has 0 N–H and O–H groups in total. The smallest absolute Gasteiger partial charge is 0.306 e. The summed E-state index contributed by atoms with van der Waals surface area (Å²) in [5, 5.41) is 0. The summed E-state index contributed by atoms with van der Waals surface area (Å²) in [7, 11) is 0. The molecule has 348 valence electrons. The van der Waals surface area contributed by atoms with Gasteiger partial charge < -0.3 is 14.2 Å². The molecule has 0 saturated heterocycles. The summed E-state index contributed by atoms with van der Waals surface area (Å²) < 4.78 is 16.7. The van der Waals surface area contributed by atoms with Crippen LogP contribution in [0.1, 0.15) is 194 Å². The predicted molar refractivity (Wildman–Crippen MR) is 265 cm³/mol. The minimum Gasteiger partial charge on any atom is -0.462 e. The van der Waals surface area contributed by atoms with Gasteiger partial charge in [-0.2, -0.15) is 0 Å². The summed E-state index contributed by atoms with van der Waals surface area (Å²) in [6, 6.07) is 0. The largest absolute Gasteiger partial charge is 0.462 e. The first-order chi connectivity index (χ1) is 30.5. The maximum absolute atomic E-state index is 12.8. The van der Waals surface area contributed by atoms with Crippen LogP contribution in [0, 0.1) is 0 Å². The van der Waals surface area contributed by atoms with Gasteiger partial charge in [-0.05, 0) is 89.9 Å². The molecule has 1 unspecified atom stereocenters. The van der Waals surface area contributed by atoms with Crippen molar-refractivity contribution < 1.29 is 28.6 Å². The maximum Gasteiger partial charge on any atom is 0.306 e. The van der Waals surface area contributed by atoms with Crippen LogP contribution < -0.4 is 0 Å². The van der Waals surface area contributed by atoms with E-state index < -0.39 is 6.10 Å². The van der Waals surface area contributed by atoms with E-state index in [0.717, 1.165) is 89.9 Å². The third kappa shape index (κ3) is 46.9. The van der Waals surface area contributed by atoms with E-state index in [9.17, 15) is 14.4 Å². The fourth-order valence-electron chi connectivity index (χ4n) is 6.20. The summed E-state index contributed by atoms with van der Waals surface area (Å²) in [6.45, 7) is 6.25. The maximum atomic E-state index is 12.8. The second-order valence-corrected chi connectivity index (χ2v) is 15.8. The molecule has 0 aliphatic rings. The average molecular weight is 857 g/mol. The van der Waals surface area contributed by atoms with E-state index in [-0.39, 0.29) is 37.5 Å². The summed E-state index contributed by atoms with van der Waals surface area (Å²) >= 11 is 0. The first-order valence-electron chi connectivity index (χ1n) is 24.6. The standard InChI is InChI=1S/C56H88O6/c1-4-7-10-13-16-19-22-24-26-28-30-31-34-37-40-43-46-49-55(58)61-52-53(51-60-54(57)48-45-42-39-36-33-21-18-15-12-9-6-3)62-56(59)50-47-44-41-38-35-32-29-27-25-23-20-17-14-11-8-5-2/h7,9-10,12-13,16,18-19,21-22,24,26-31,34,36,39,53H,4-6,8,11,14-15,17,20,23,25,32-33,35,37-38,40-52H2,1-3H3/b10-7-,12-9-,16-13-,21-18-,22-19-,26-24-,29-27-,30-28+,34-31-,39-36-. The van der Waals surface area contributed by atoms with Crippen molar-refractivity contribution >= 4 is 17.9 Å². The molecule has 0 aromatic rings. The molecule has 0 radical (unpaired) electrons. The highest BCUT2D eigenvalue weighted by Gasteiger charge is 2.19. The molecule has 62 heavy (non-hydrogen) atoms. The Morgan fingerprint density at radius 2 is 0.726 bits per heavy atom. The molecule has 0 amide bonds. The van der Waals surface area contributed by atoms with Crippen LogP contribution in [0.15, 0.2) is 122 Å². The molecular formula is C56H88O6. The Morgan fingerprint density at radius 1 is 0.355 bits per heavy atom. The van der Waals surface area contributed by atoms with Crippen LogP contribution in [0.4, 0.5) is 0 Å². The number of ether oxygens (including phenoxy) is 3. The van der Waals surface area contributed by atoms with Gasteiger partial charge in [-0.3, -0.25) is 14.4 Å². The number of carbonyl (C=O) groups excluding carboxylic acids is 3. The molecular weight excluding hydrogens is 769 g/mol. The van der Waals surface area contributed by atoms with Crippen molar-refractivity contribution in [1.82, 2.24) is 0 Å². The molecule has 0 saturated carbocycles. The predicted octanol–water partition coefficient (Wildman–Crippen LogP) is 16.1. The Kier molecular flexibility index (Phi) is 46.1. The van der Waals surface area contributed by atoms with Gasteiger partial charge in [0, 0.05) is 19.3 Å². The number of esters is 3. The minimum absolute atomic E-state index is 0.124. The minimum atomic E-state index is -0.823. The summed E-state index contributed by atoms with van der Waals surface area (Å²) in [5.74, 6) is -1.04. The highest BCUT2D eigenvalue weighted by Crippen LogP contribution is 2.12. The number of hydrogen-bond donors (Lipinski definition) is 0. The zero-order chi connectivity index (χ0) is 45.1. The molecule has 0 fully saturated rings. The van der Waals surface area contributed by atoms with Crippen molar-refractivity contribution in [1.29, 1.82) is 0 Å². The van der Waals surface area contributed by atoms with E-state index in [1.807, 2.05) is 60.8 Å². The van der Waals surface area contributed by atoms with E-state index >= 15 is 0 Å². The highest BCUT2D eigenvalue weighted by molar-refractivity contribution is 5.71. The highest BCUT2D eigenvalue weighted by atomic mass is 16.6. The van der Waals surface area contributed by atoms with Crippen molar-refractivity contribution in [2.24, 2.45) is 0 Å². The van der Waals surface area contributed by atoms with Crippen LogP contribution in [0.5, 0.6) is 0 Å². The quantitative estimate of drug-likeness (QED) is 0.0200. The van der Waals surface area contributed by atoms with E-state index in [4.69, 9.17) is 14.2 Å². The van der Waals surface area contributed by atoms with Gasteiger partial charge in [0.1, 0.15) is 13.2 Å². The Balaban J connectivity index is 4.55. The lowest BCUT2D eigenvalue weighted by Gasteiger charge is -2.18. The van der Waals surface area contributed by atoms with Crippen LogP contribution in [0.25, 0.3) is 0 Å². The lowest BCUT2D eigenvalue weighted by Crippen LogP contribution is -2.30. The Labute approximate surface area is 380 Å². The third-order valence-corrected chi connectivity index (χ3v) is 9.84. The van der Waals surface area contributed by atoms with Crippen LogP contribution in [0.2, 0.25) is 0 Å². The first kappa shape index (κ1) is 57.8. The third-order valence-electron chi connectivity index (χ3n) is 9.84. The fraction of sp³-hybridized carbons (Fsp3) is 0.589. The van der Waals surface area contributed by atoms with E-state index in [2.05, 4.69) is 81.5 Å². The Morgan fingerprint density at radius 3 is 1.27 bits per heavy atom. The lowest BCUT2D eigenvalue weighted by molar-refractivity contribution is -0.167. The monoisotopic (exact) mass is 857 g/mol. The van der Waals surface area contributed by atoms with Crippen LogP contribution in [0.3, 0.4) is 0 Å². The Bertz CT molecular complexity index is 1350. The summed E-state index contributed by atoms with van der Waals surface area (Å²) in [6.07, 6.45) is 67.6. The van der Waals surface area contributed by atoms with E-state index in [1.165, 1.54) is 57.8 Å². The molecule has 0 aliphatic heterocycles. The van der Waals surface area contributed by atoms with Crippen LogP contribution in [-0.4, -0.2) is 37.2 Å². The number of rotatable bonds is 42. The summed E-state index contributed by atoms with van der Waals surface area (Å²) in [5.41, 5.74) is 0. The zero-order valence-corrected chi connectivity index (χ0v) is 39.6. The van der Waals surface area contributed by atoms with Crippen molar-refractivity contribution in [3.63, 3.8) is 0 Å². The van der Waals surface area contributed by atoms with Gasteiger partial charge in [0.15, 0.2) is 6.10 Å². The molecule has 0 aromatic carbocycles. The number of unbranched alkanes of at least 4 members (excludes halogenated alkanes) is 16. The normalized spacial score (nSPS) is 13.1. The van der Waals surface area contributed by atoms with Crippen molar-refractivity contribution in [3.8, 4) is 0 Å². The van der Waals surface area contributed by atoms with Crippen molar-refractivity contribution in [2.75, 3.05) is 13.2 Å². The molecule has 0 bridgehead atoms. The molecule has 0 spiro atoms. The van der Waals surface area contributed by atoms with E-state index in [0.29, 0.717) is 19.3 Å². The molecule has 6 heteroatoms. The SMILES string of the molecule is CC\C=C/C=C\C=C/C=C\C=C\C=C/CCCCCC(=O)OCC(COC(=O)CCC/C=C\C/C=C\C/C=C\CC)OC(=O)CCCCCCC/C=C\CCCCCCCCC. The number of hydrogen-bond acceptors (Lipinski definition) is 6. The summed E-state index contributed by atoms with van der Waals surface area (Å²) in [4.78, 5) is 37.9. The van der Waals surface area contributed by atoms with Gasteiger partial charge in [0.05, 0.1) is 0 Å². The molecule has 6 nitrogen and oxygen atoms in total. The molecule has 0 heterocycles. The van der Waals surface area contributed by atoms with Gasteiger partial charge in [0.25, 0.3) is 0 Å². The average Bonchev–Trinajstić information content (AvgIpc) is 3.27. The Hall–Kier alpha value is -4.19. The topological polar surface area (TPSA) is 78.9 Å². The van der Waals surface area contributed by atoms with Crippen LogP contribution in [-0.2, 0) is 28.6 Å². The van der Waals surface area contributed by atoms with Gasteiger partial charge >= 0.3 is 17.9 Å². The van der Waals surface area contributed by atoms with Gasteiger partial charge in [-0.25, -0.2) is 0 Å². The molecule has 0 aliphatic carbocycles. The van der Waals surface area contributed by atoms with Gasteiger partial charge in [-0.1, -0.05) is 206 Å². The number of carbonyl (C=O) groups is 3.